The van der Waals surface area contributed by atoms with Crippen molar-refractivity contribution in [2.24, 2.45) is 0 Å². The lowest BCUT2D eigenvalue weighted by Gasteiger charge is -2.36. The molecular formula is C13H18FNO3S2. The summed E-state index contributed by atoms with van der Waals surface area (Å²) in [6.07, 6.45) is 0. The summed E-state index contributed by atoms with van der Waals surface area (Å²) in [5, 5.41) is 9.28. The average molecular weight is 319 g/mol. The number of rotatable bonds is 3. The van der Waals surface area contributed by atoms with E-state index in [1.807, 2.05) is 13.8 Å². The number of hydrogen-bond donors (Lipinski definition) is 1. The topological polar surface area (TPSA) is 57.6 Å². The van der Waals surface area contributed by atoms with Gasteiger partial charge in [-0.05, 0) is 25.1 Å². The van der Waals surface area contributed by atoms with Crippen molar-refractivity contribution in [2.75, 3.05) is 12.3 Å². The zero-order valence-electron chi connectivity index (χ0n) is 11.4. The zero-order chi connectivity index (χ0) is 14.9. The molecule has 0 bridgehead atoms. The van der Waals surface area contributed by atoms with E-state index < -0.39 is 22.4 Å². The van der Waals surface area contributed by atoms with E-state index in [0.717, 1.165) is 11.8 Å². The van der Waals surface area contributed by atoms with Gasteiger partial charge in [0.25, 0.3) is 0 Å². The summed E-state index contributed by atoms with van der Waals surface area (Å²) >= 11 is 1.75. The molecule has 0 radical (unpaired) electrons. The highest BCUT2D eigenvalue weighted by atomic mass is 32.2. The first-order chi connectivity index (χ1) is 9.37. The molecule has 0 saturated carbocycles. The molecule has 2 unspecified atom stereocenters. The molecule has 0 aliphatic carbocycles. The van der Waals surface area contributed by atoms with Gasteiger partial charge in [-0.2, -0.15) is 16.1 Å². The summed E-state index contributed by atoms with van der Waals surface area (Å²) in [5.74, 6) is 0.153. The standard InChI is InChI=1S/C13H18FNO3S2/c1-9-10(2)19-6-5-15(9)20(17,18)12-3-4-13(14)11(7-12)8-16/h3-4,7,9-10,16H,5-6,8H2,1-2H3. The Morgan fingerprint density at radius 2 is 2.15 bits per heavy atom. The molecule has 1 aromatic carbocycles. The summed E-state index contributed by atoms with van der Waals surface area (Å²) in [7, 11) is -3.65. The highest BCUT2D eigenvalue weighted by Crippen LogP contribution is 2.29. The van der Waals surface area contributed by atoms with E-state index in [1.54, 1.807) is 11.8 Å². The van der Waals surface area contributed by atoms with Crippen LogP contribution in [0.2, 0.25) is 0 Å². The van der Waals surface area contributed by atoms with Gasteiger partial charge in [0.15, 0.2) is 0 Å². The van der Waals surface area contributed by atoms with E-state index in [9.17, 15) is 12.8 Å². The molecule has 4 nitrogen and oxygen atoms in total. The third-order valence-corrected chi connectivity index (χ3v) is 6.94. The largest absolute Gasteiger partial charge is 0.392 e. The van der Waals surface area contributed by atoms with Crippen molar-refractivity contribution in [3.05, 3.63) is 29.6 Å². The van der Waals surface area contributed by atoms with Gasteiger partial charge in [0.05, 0.1) is 11.5 Å². The van der Waals surface area contributed by atoms with Crippen molar-refractivity contribution in [3.63, 3.8) is 0 Å². The van der Waals surface area contributed by atoms with Crippen molar-refractivity contribution in [1.82, 2.24) is 4.31 Å². The molecule has 0 aromatic heterocycles. The monoisotopic (exact) mass is 319 g/mol. The van der Waals surface area contributed by atoms with Crippen LogP contribution in [-0.4, -0.2) is 41.4 Å². The minimum Gasteiger partial charge on any atom is -0.392 e. The Morgan fingerprint density at radius 3 is 2.80 bits per heavy atom. The highest BCUT2D eigenvalue weighted by Gasteiger charge is 2.35. The summed E-state index contributed by atoms with van der Waals surface area (Å²) in [6, 6.07) is 3.44. The van der Waals surface area contributed by atoms with E-state index >= 15 is 0 Å². The van der Waals surface area contributed by atoms with Crippen LogP contribution in [0.25, 0.3) is 0 Å². The van der Waals surface area contributed by atoms with Gasteiger partial charge in [0, 0.05) is 29.2 Å². The van der Waals surface area contributed by atoms with Gasteiger partial charge in [-0.25, -0.2) is 12.8 Å². The maximum Gasteiger partial charge on any atom is 0.243 e. The maximum atomic E-state index is 13.4. The lowest BCUT2D eigenvalue weighted by molar-refractivity contribution is 0.275. The van der Waals surface area contributed by atoms with Gasteiger partial charge >= 0.3 is 0 Å². The highest BCUT2D eigenvalue weighted by molar-refractivity contribution is 8.00. The molecule has 1 aromatic rings. The lowest BCUT2D eigenvalue weighted by Crippen LogP contribution is -2.47. The molecule has 112 valence electrons. The number of thioether (sulfide) groups is 1. The van der Waals surface area contributed by atoms with Gasteiger partial charge in [0.2, 0.25) is 10.0 Å². The first-order valence-corrected chi connectivity index (χ1v) is 8.89. The normalized spacial score (nSPS) is 24.8. The number of aliphatic hydroxyl groups excluding tert-OH is 1. The van der Waals surface area contributed by atoms with Gasteiger partial charge in [-0.3, -0.25) is 0 Å². The van der Waals surface area contributed by atoms with Crippen LogP contribution in [-0.2, 0) is 16.6 Å². The van der Waals surface area contributed by atoms with Crippen LogP contribution >= 0.6 is 11.8 Å². The molecule has 1 N–H and O–H groups in total. The SMILES string of the molecule is CC1SCCN(S(=O)(=O)c2ccc(F)c(CO)c2)C1C. The predicted octanol–water partition coefficient (Wildman–Crippen LogP) is 1.83. The Labute approximate surface area is 123 Å². The molecule has 2 atom stereocenters. The van der Waals surface area contributed by atoms with Crippen molar-refractivity contribution in [3.8, 4) is 0 Å². The molecule has 2 rings (SSSR count). The Bertz CT molecular complexity index is 591. The molecule has 1 saturated heterocycles. The minimum absolute atomic E-state index is 0.00170. The van der Waals surface area contributed by atoms with E-state index in [1.165, 1.54) is 16.4 Å². The van der Waals surface area contributed by atoms with Crippen molar-refractivity contribution >= 4 is 21.8 Å². The molecule has 1 aliphatic rings. The fraction of sp³-hybridized carbons (Fsp3) is 0.538. The Balaban J connectivity index is 2.39. The number of nitrogens with zero attached hydrogens (tertiary/aromatic N) is 1. The fourth-order valence-corrected chi connectivity index (χ4v) is 5.26. The van der Waals surface area contributed by atoms with Crippen LogP contribution in [0.3, 0.4) is 0 Å². The zero-order valence-corrected chi connectivity index (χ0v) is 13.0. The second-order valence-corrected chi connectivity index (χ2v) is 8.22. The summed E-state index contributed by atoms with van der Waals surface area (Å²) in [6.45, 7) is 3.81. The smallest absolute Gasteiger partial charge is 0.243 e. The fourth-order valence-electron chi connectivity index (χ4n) is 2.21. The molecular weight excluding hydrogens is 301 g/mol. The summed E-state index contributed by atoms with van der Waals surface area (Å²) < 4.78 is 40.1. The minimum atomic E-state index is -3.65. The summed E-state index contributed by atoms with van der Waals surface area (Å²) in [5.41, 5.74) is -0.00170. The molecule has 0 amide bonds. The number of halogens is 1. The third-order valence-electron chi connectivity index (χ3n) is 3.62. The van der Waals surface area contributed by atoms with E-state index in [2.05, 4.69) is 0 Å². The molecule has 1 fully saturated rings. The second-order valence-electron chi connectivity index (χ2n) is 4.84. The van der Waals surface area contributed by atoms with E-state index in [-0.39, 0.29) is 21.8 Å². The van der Waals surface area contributed by atoms with Crippen LogP contribution in [0, 0.1) is 5.82 Å². The van der Waals surface area contributed by atoms with Gasteiger partial charge in [0.1, 0.15) is 5.82 Å². The van der Waals surface area contributed by atoms with E-state index in [0.29, 0.717) is 6.54 Å². The van der Waals surface area contributed by atoms with Crippen molar-refractivity contribution in [2.45, 2.75) is 36.6 Å². The Hall–Kier alpha value is -0.630. The first kappa shape index (κ1) is 15.8. The van der Waals surface area contributed by atoms with E-state index in [4.69, 9.17) is 5.11 Å². The Morgan fingerprint density at radius 1 is 1.45 bits per heavy atom. The second kappa shape index (κ2) is 6.01. The maximum absolute atomic E-state index is 13.4. The third kappa shape index (κ3) is 2.86. The average Bonchev–Trinajstić information content (AvgIpc) is 2.42. The van der Waals surface area contributed by atoms with Gasteiger partial charge in [-0.15, -0.1) is 0 Å². The quantitative estimate of drug-likeness (QED) is 0.923. The van der Waals surface area contributed by atoms with Crippen LogP contribution in [0.15, 0.2) is 23.1 Å². The lowest BCUT2D eigenvalue weighted by atomic mass is 10.2. The van der Waals surface area contributed by atoms with Crippen LogP contribution in [0.1, 0.15) is 19.4 Å². The number of hydrogen-bond acceptors (Lipinski definition) is 4. The molecule has 1 heterocycles. The molecule has 7 heteroatoms. The number of benzene rings is 1. The van der Waals surface area contributed by atoms with Crippen molar-refractivity contribution in [1.29, 1.82) is 0 Å². The molecule has 1 aliphatic heterocycles. The number of aliphatic hydroxyl groups is 1. The molecule has 0 spiro atoms. The first-order valence-electron chi connectivity index (χ1n) is 6.40. The van der Waals surface area contributed by atoms with Gasteiger partial charge < -0.3 is 5.11 Å². The van der Waals surface area contributed by atoms with Gasteiger partial charge in [-0.1, -0.05) is 6.92 Å². The van der Waals surface area contributed by atoms with Crippen LogP contribution in [0.4, 0.5) is 4.39 Å². The van der Waals surface area contributed by atoms with Crippen LogP contribution < -0.4 is 0 Å². The van der Waals surface area contributed by atoms with Crippen LogP contribution in [0.5, 0.6) is 0 Å². The number of sulfonamides is 1. The molecule has 20 heavy (non-hydrogen) atoms. The van der Waals surface area contributed by atoms with Crippen molar-refractivity contribution < 1.29 is 17.9 Å². The Kier molecular flexibility index (Phi) is 4.73. The predicted molar refractivity (Wildman–Crippen MR) is 77.6 cm³/mol. The summed E-state index contributed by atoms with van der Waals surface area (Å²) in [4.78, 5) is 0.0360.